The standard InChI is InChI=1S/C22H15N3O4S/c1-27-15-5-2-4-14(11-15)23-21(26)13-7-8-18-16(10-13)20(25-29-18)17-12-28-22(24-17)19-6-3-9-30-19/h2-12H,1H3,(H,23,26). The molecule has 0 unspecified atom stereocenters. The average molecular weight is 417 g/mol. The zero-order valence-corrected chi connectivity index (χ0v) is 16.6. The van der Waals surface area contributed by atoms with E-state index in [2.05, 4.69) is 15.5 Å². The van der Waals surface area contributed by atoms with Crippen molar-refractivity contribution < 1.29 is 18.5 Å². The molecule has 30 heavy (non-hydrogen) atoms. The molecule has 3 aromatic heterocycles. The van der Waals surface area contributed by atoms with Gasteiger partial charge >= 0.3 is 0 Å². The Morgan fingerprint density at radius 1 is 1.13 bits per heavy atom. The van der Waals surface area contributed by atoms with E-state index in [1.807, 2.05) is 29.6 Å². The van der Waals surface area contributed by atoms with Gasteiger partial charge in [0.1, 0.15) is 23.4 Å². The van der Waals surface area contributed by atoms with E-state index in [0.717, 1.165) is 4.88 Å². The van der Waals surface area contributed by atoms with Crippen molar-refractivity contribution in [1.82, 2.24) is 10.1 Å². The molecule has 0 spiro atoms. The molecule has 7 nitrogen and oxygen atoms in total. The minimum absolute atomic E-state index is 0.253. The van der Waals surface area contributed by atoms with E-state index in [0.29, 0.717) is 45.2 Å². The van der Waals surface area contributed by atoms with Gasteiger partial charge in [0.15, 0.2) is 5.58 Å². The number of amides is 1. The number of thiophene rings is 1. The van der Waals surface area contributed by atoms with E-state index in [-0.39, 0.29) is 5.91 Å². The van der Waals surface area contributed by atoms with Gasteiger partial charge in [0, 0.05) is 17.3 Å². The minimum atomic E-state index is -0.253. The van der Waals surface area contributed by atoms with E-state index in [1.165, 1.54) is 17.6 Å². The Hall–Kier alpha value is -3.91. The summed E-state index contributed by atoms with van der Waals surface area (Å²) in [6.07, 6.45) is 1.54. The average Bonchev–Trinajstić information content (AvgIpc) is 3.53. The summed E-state index contributed by atoms with van der Waals surface area (Å²) < 4.78 is 16.2. The fraction of sp³-hybridized carbons (Fsp3) is 0.0455. The summed E-state index contributed by atoms with van der Waals surface area (Å²) in [5, 5.41) is 9.63. The predicted molar refractivity (Wildman–Crippen MR) is 114 cm³/mol. The van der Waals surface area contributed by atoms with Crippen LogP contribution >= 0.6 is 11.3 Å². The van der Waals surface area contributed by atoms with E-state index in [9.17, 15) is 4.79 Å². The van der Waals surface area contributed by atoms with Crippen LogP contribution in [0.25, 0.3) is 33.1 Å². The molecule has 0 aliphatic rings. The van der Waals surface area contributed by atoms with Gasteiger partial charge in [-0.15, -0.1) is 11.3 Å². The maximum Gasteiger partial charge on any atom is 0.255 e. The third-order valence-corrected chi connectivity index (χ3v) is 5.40. The first-order valence-electron chi connectivity index (χ1n) is 9.06. The lowest BCUT2D eigenvalue weighted by Gasteiger charge is -2.07. The smallest absolute Gasteiger partial charge is 0.255 e. The van der Waals surface area contributed by atoms with Crippen molar-refractivity contribution in [3.05, 3.63) is 71.8 Å². The molecule has 0 atom stereocenters. The molecule has 0 aliphatic heterocycles. The second kappa shape index (κ2) is 7.49. The van der Waals surface area contributed by atoms with Crippen LogP contribution in [0.4, 0.5) is 5.69 Å². The molecule has 2 aromatic carbocycles. The number of ether oxygens (including phenoxy) is 1. The van der Waals surface area contributed by atoms with Crippen LogP contribution in [0.2, 0.25) is 0 Å². The third-order valence-electron chi connectivity index (χ3n) is 4.54. The highest BCUT2D eigenvalue weighted by molar-refractivity contribution is 7.13. The number of hydrogen-bond acceptors (Lipinski definition) is 7. The highest BCUT2D eigenvalue weighted by Crippen LogP contribution is 2.32. The van der Waals surface area contributed by atoms with Gasteiger partial charge in [-0.05, 0) is 41.8 Å². The molecular formula is C22H15N3O4S. The SMILES string of the molecule is COc1cccc(NC(=O)c2ccc3onc(-c4coc(-c5cccs5)n4)c3c2)c1. The zero-order valence-electron chi connectivity index (χ0n) is 15.8. The first kappa shape index (κ1) is 18.1. The molecule has 148 valence electrons. The molecule has 3 heterocycles. The monoisotopic (exact) mass is 417 g/mol. The molecule has 1 N–H and O–H groups in total. The van der Waals surface area contributed by atoms with E-state index >= 15 is 0 Å². The van der Waals surface area contributed by atoms with Gasteiger partial charge in [0.05, 0.1) is 17.4 Å². The minimum Gasteiger partial charge on any atom is -0.497 e. The van der Waals surface area contributed by atoms with Crippen molar-refractivity contribution in [3.8, 4) is 27.9 Å². The number of aromatic nitrogens is 2. The normalized spacial score (nSPS) is 11.0. The summed E-state index contributed by atoms with van der Waals surface area (Å²) in [6.45, 7) is 0. The van der Waals surface area contributed by atoms with Crippen LogP contribution in [-0.4, -0.2) is 23.2 Å². The van der Waals surface area contributed by atoms with Crippen molar-refractivity contribution in [2.45, 2.75) is 0 Å². The lowest BCUT2D eigenvalue weighted by atomic mass is 10.1. The third kappa shape index (κ3) is 3.33. The number of carbonyl (C=O) groups excluding carboxylic acids is 1. The van der Waals surface area contributed by atoms with Crippen molar-refractivity contribution in [1.29, 1.82) is 0 Å². The highest BCUT2D eigenvalue weighted by atomic mass is 32.1. The van der Waals surface area contributed by atoms with Gasteiger partial charge in [0.2, 0.25) is 5.89 Å². The van der Waals surface area contributed by atoms with Crippen LogP contribution in [0, 0.1) is 0 Å². The molecule has 0 saturated carbocycles. The first-order chi connectivity index (χ1) is 14.7. The maximum absolute atomic E-state index is 12.8. The van der Waals surface area contributed by atoms with Gasteiger partial charge in [0.25, 0.3) is 5.91 Å². The predicted octanol–water partition coefficient (Wildman–Crippen LogP) is 5.47. The van der Waals surface area contributed by atoms with Gasteiger partial charge in [-0.3, -0.25) is 4.79 Å². The molecular weight excluding hydrogens is 402 g/mol. The second-order valence-electron chi connectivity index (χ2n) is 6.44. The van der Waals surface area contributed by atoms with Crippen LogP contribution in [0.3, 0.4) is 0 Å². The summed E-state index contributed by atoms with van der Waals surface area (Å²) in [6, 6.07) is 16.2. The number of rotatable bonds is 5. The van der Waals surface area contributed by atoms with E-state index < -0.39 is 0 Å². The Morgan fingerprint density at radius 3 is 2.90 bits per heavy atom. The maximum atomic E-state index is 12.8. The molecule has 5 rings (SSSR count). The summed E-state index contributed by atoms with van der Waals surface area (Å²) in [5.41, 5.74) is 2.73. The Morgan fingerprint density at radius 2 is 2.07 bits per heavy atom. The molecule has 0 saturated heterocycles. The largest absolute Gasteiger partial charge is 0.497 e. The number of benzene rings is 2. The van der Waals surface area contributed by atoms with Crippen molar-refractivity contribution in [3.63, 3.8) is 0 Å². The van der Waals surface area contributed by atoms with E-state index in [4.69, 9.17) is 13.7 Å². The van der Waals surface area contributed by atoms with Crippen LogP contribution in [0.1, 0.15) is 10.4 Å². The second-order valence-corrected chi connectivity index (χ2v) is 7.39. The molecule has 8 heteroatoms. The Bertz CT molecular complexity index is 1340. The number of nitrogens with one attached hydrogen (secondary N) is 1. The van der Waals surface area contributed by atoms with Crippen LogP contribution in [0.5, 0.6) is 5.75 Å². The van der Waals surface area contributed by atoms with Gasteiger partial charge in [-0.25, -0.2) is 4.98 Å². The lowest BCUT2D eigenvalue weighted by molar-refractivity contribution is 0.102. The number of carbonyl (C=O) groups is 1. The number of anilines is 1. The molecule has 5 aromatic rings. The van der Waals surface area contributed by atoms with Crippen molar-refractivity contribution in [2.75, 3.05) is 12.4 Å². The molecule has 1 amide bonds. The Balaban J connectivity index is 1.46. The number of methoxy groups -OCH3 is 1. The highest BCUT2D eigenvalue weighted by Gasteiger charge is 2.18. The lowest BCUT2D eigenvalue weighted by Crippen LogP contribution is -2.11. The van der Waals surface area contributed by atoms with Crippen LogP contribution in [-0.2, 0) is 0 Å². The molecule has 0 fully saturated rings. The fourth-order valence-electron chi connectivity index (χ4n) is 3.06. The molecule has 0 radical (unpaired) electrons. The fourth-order valence-corrected chi connectivity index (χ4v) is 3.72. The zero-order chi connectivity index (χ0) is 20.5. The van der Waals surface area contributed by atoms with Gasteiger partial charge in [-0.1, -0.05) is 17.3 Å². The number of nitrogens with zero attached hydrogens (tertiary/aromatic N) is 2. The number of fused-ring (bicyclic) bond motifs is 1. The first-order valence-corrected chi connectivity index (χ1v) is 9.94. The van der Waals surface area contributed by atoms with Gasteiger partial charge < -0.3 is 19.0 Å². The summed E-state index contributed by atoms with van der Waals surface area (Å²) in [7, 11) is 1.58. The van der Waals surface area contributed by atoms with Crippen LogP contribution in [0.15, 0.2) is 75.2 Å². The number of oxazole rings is 1. The quantitative estimate of drug-likeness (QED) is 0.408. The van der Waals surface area contributed by atoms with Crippen molar-refractivity contribution in [2.24, 2.45) is 0 Å². The topological polar surface area (TPSA) is 90.4 Å². The molecule has 0 aliphatic carbocycles. The van der Waals surface area contributed by atoms with Gasteiger partial charge in [-0.2, -0.15) is 0 Å². The summed E-state index contributed by atoms with van der Waals surface area (Å²) in [5.74, 6) is 0.928. The summed E-state index contributed by atoms with van der Waals surface area (Å²) >= 11 is 1.54. The number of hydrogen-bond donors (Lipinski definition) is 1. The van der Waals surface area contributed by atoms with Crippen molar-refractivity contribution >= 4 is 33.9 Å². The summed E-state index contributed by atoms with van der Waals surface area (Å²) in [4.78, 5) is 18.2. The molecule has 0 bridgehead atoms. The van der Waals surface area contributed by atoms with Crippen LogP contribution < -0.4 is 10.1 Å². The van der Waals surface area contributed by atoms with E-state index in [1.54, 1.807) is 37.4 Å². The Kier molecular flexibility index (Phi) is 4.53. The Labute approximate surface area is 174 Å².